The van der Waals surface area contributed by atoms with Crippen LogP contribution in [-0.4, -0.2) is 57.5 Å². The van der Waals surface area contributed by atoms with Crippen LogP contribution in [0.25, 0.3) is 0 Å². The van der Waals surface area contributed by atoms with Gasteiger partial charge in [-0.15, -0.1) is 0 Å². The van der Waals surface area contributed by atoms with Crippen molar-refractivity contribution in [3.05, 3.63) is 23.8 Å². The van der Waals surface area contributed by atoms with E-state index in [1.807, 2.05) is 0 Å². The highest BCUT2D eigenvalue weighted by Gasteiger charge is 2.31. The van der Waals surface area contributed by atoms with Crippen molar-refractivity contribution in [2.45, 2.75) is 19.8 Å². The van der Waals surface area contributed by atoms with Crippen molar-refractivity contribution in [3.63, 3.8) is 0 Å². The zero-order valence-corrected chi connectivity index (χ0v) is 16.1. The Hall–Kier alpha value is -2.13. The van der Waals surface area contributed by atoms with E-state index in [-0.39, 0.29) is 24.1 Å². The molecule has 2 amide bonds. The Morgan fingerprint density at radius 2 is 2.08 bits per heavy atom. The molecule has 2 rings (SSSR count). The van der Waals surface area contributed by atoms with Gasteiger partial charge >= 0.3 is 0 Å². The lowest BCUT2D eigenvalue weighted by molar-refractivity contribution is -0.120. The second-order valence-electron chi connectivity index (χ2n) is 6.08. The molecule has 1 aromatic carbocycles. The highest BCUT2D eigenvalue weighted by atomic mass is 32.2. The normalized spacial score (nSPS) is 18.2. The molecule has 0 saturated carbocycles. The molecule has 8 nitrogen and oxygen atoms in total. The number of carbonyl (C=O) groups excluding carboxylic acids is 2. The van der Waals surface area contributed by atoms with E-state index in [1.54, 1.807) is 25.1 Å². The first-order valence-corrected chi connectivity index (χ1v) is 10.1. The number of carbonyl (C=O) groups is 2. The highest BCUT2D eigenvalue weighted by molar-refractivity contribution is 7.89. The molecular formula is C17H25N3O5S. The predicted octanol–water partition coefficient (Wildman–Crippen LogP) is 1.06. The van der Waals surface area contributed by atoms with Gasteiger partial charge in [0.1, 0.15) is 5.75 Å². The van der Waals surface area contributed by atoms with Gasteiger partial charge in [0.25, 0.3) is 5.91 Å². The number of nitrogens with one attached hydrogen (secondary N) is 2. The first-order chi connectivity index (χ1) is 12.3. The minimum absolute atomic E-state index is 0.0172. The summed E-state index contributed by atoms with van der Waals surface area (Å²) >= 11 is 0. The van der Waals surface area contributed by atoms with Gasteiger partial charge in [0.2, 0.25) is 15.9 Å². The van der Waals surface area contributed by atoms with Crippen LogP contribution in [0.5, 0.6) is 5.75 Å². The number of piperidine rings is 1. The molecule has 0 bridgehead atoms. The van der Waals surface area contributed by atoms with Gasteiger partial charge in [0.05, 0.1) is 24.5 Å². The number of nitrogens with zero attached hydrogens (tertiary/aromatic N) is 1. The fourth-order valence-electron chi connectivity index (χ4n) is 2.92. The van der Waals surface area contributed by atoms with Crippen molar-refractivity contribution in [1.82, 2.24) is 9.62 Å². The molecule has 1 fully saturated rings. The lowest BCUT2D eigenvalue weighted by atomic mass is 9.98. The summed E-state index contributed by atoms with van der Waals surface area (Å²) in [6.45, 7) is 2.20. The first kappa shape index (κ1) is 20.2. The van der Waals surface area contributed by atoms with Gasteiger partial charge in [0.15, 0.2) is 0 Å². The molecule has 1 aliphatic rings. The van der Waals surface area contributed by atoms with Crippen LogP contribution in [0, 0.1) is 5.92 Å². The largest absolute Gasteiger partial charge is 0.495 e. The highest BCUT2D eigenvalue weighted by Crippen LogP contribution is 2.28. The van der Waals surface area contributed by atoms with Crippen LogP contribution in [-0.2, 0) is 14.8 Å². The molecule has 0 unspecified atom stereocenters. The maximum Gasteiger partial charge on any atom is 0.251 e. The number of anilines is 1. The van der Waals surface area contributed by atoms with E-state index in [2.05, 4.69) is 10.6 Å². The van der Waals surface area contributed by atoms with Crippen molar-refractivity contribution >= 4 is 27.5 Å². The quantitative estimate of drug-likeness (QED) is 0.764. The molecule has 144 valence electrons. The zero-order valence-electron chi connectivity index (χ0n) is 15.2. The van der Waals surface area contributed by atoms with Gasteiger partial charge < -0.3 is 15.4 Å². The number of methoxy groups -OCH3 is 1. The molecule has 9 heteroatoms. The number of hydrogen-bond acceptors (Lipinski definition) is 5. The maximum atomic E-state index is 12.7. The smallest absolute Gasteiger partial charge is 0.251 e. The number of benzene rings is 1. The van der Waals surface area contributed by atoms with E-state index in [1.165, 1.54) is 18.5 Å². The van der Waals surface area contributed by atoms with Crippen molar-refractivity contribution in [2.75, 3.05) is 38.3 Å². The Morgan fingerprint density at radius 3 is 2.69 bits per heavy atom. The van der Waals surface area contributed by atoms with Gasteiger partial charge in [-0.2, -0.15) is 0 Å². The van der Waals surface area contributed by atoms with Crippen molar-refractivity contribution in [3.8, 4) is 5.75 Å². The minimum atomic E-state index is -3.32. The predicted molar refractivity (Wildman–Crippen MR) is 98.8 cm³/mol. The Morgan fingerprint density at radius 1 is 1.35 bits per heavy atom. The Kier molecular flexibility index (Phi) is 6.60. The molecule has 1 saturated heterocycles. The average Bonchev–Trinajstić information content (AvgIpc) is 2.67. The Balaban J connectivity index is 2.17. The van der Waals surface area contributed by atoms with Crippen LogP contribution < -0.4 is 15.4 Å². The van der Waals surface area contributed by atoms with Gasteiger partial charge in [-0.25, -0.2) is 12.7 Å². The summed E-state index contributed by atoms with van der Waals surface area (Å²) in [6, 6.07) is 4.75. The summed E-state index contributed by atoms with van der Waals surface area (Å²) < 4.78 is 30.7. The van der Waals surface area contributed by atoms with Crippen LogP contribution in [0.1, 0.15) is 30.1 Å². The zero-order chi connectivity index (χ0) is 19.3. The van der Waals surface area contributed by atoms with E-state index in [0.717, 1.165) is 0 Å². The molecule has 0 aromatic heterocycles. The molecule has 2 N–H and O–H groups in total. The van der Waals surface area contributed by atoms with Crippen LogP contribution in [0.3, 0.4) is 0 Å². The van der Waals surface area contributed by atoms with Crippen molar-refractivity contribution in [1.29, 1.82) is 0 Å². The van der Waals surface area contributed by atoms with Gasteiger partial charge in [-0.1, -0.05) is 0 Å². The monoisotopic (exact) mass is 383 g/mol. The minimum Gasteiger partial charge on any atom is -0.495 e. The van der Waals surface area contributed by atoms with Gasteiger partial charge in [0, 0.05) is 25.7 Å². The number of ether oxygens (including phenoxy) is 1. The SMILES string of the molecule is CCS(=O)(=O)N1CCC[C@@H](C(=O)Nc2cc(C(=O)NC)ccc2OC)C1. The number of rotatable bonds is 6. The van der Waals surface area contributed by atoms with E-state index < -0.39 is 15.9 Å². The van der Waals surface area contributed by atoms with Crippen molar-refractivity contribution in [2.24, 2.45) is 5.92 Å². The fourth-order valence-corrected chi connectivity index (χ4v) is 4.10. The Bertz CT molecular complexity index is 779. The van der Waals surface area contributed by atoms with Crippen LogP contribution in [0.2, 0.25) is 0 Å². The molecule has 1 heterocycles. The van der Waals surface area contributed by atoms with Gasteiger partial charge in [-0.3, -0.25) is 9.59 Å². The molecule has 1 aliphatic heterocycles. The van der Waals surface area contributed by atoms with E-state index in [9.17, 15) is 18.0 Å². The van der Waals surface area contributed by atoms with Crippen LogP contribution in [0.15, 0.2) is 18.2 Å². The van der Waals surface area contributed by atoms with E-state index in [0.29, 0.717) is 36.4 Å². The molecule has 26 heavy (non-hydrogen) atoms. The summed E-state index contributed by atoms with van der Waals surface area (Å²) in [4.78, 5) is 24.5. The first-order valence-electron chi connectivity index (χ1n) is 8.51. The molecular weight excluding hydrogens is 358 g/mol. The molecule has 1 aromatic rings. The van der Waals surface area contributed by atoms with Crippen LogP contribution in [0.4, 0.5) is 5.69 Å². The van der Waals surface area contributed by atoms with E-state index >= 15 is 0 Å². The molecule has 0 radical (unpaired) electrons. The van der Waals surface area contributed by atoms with E-state index in [4.69, 9.17) is 4.74 Å². The second-order valence-corrected chi connectivity index (χ2v) is 8.34. The summed E-state index contributed by atoms with van der Waals surface area (Å²) in [5.41, 5.74) is 0.775. The number of amides is 2. The third-order valence-electron chi connectivity index (χ3n) is 4.46. The molecule has 1 atom stereocenters. The third-order valence-corrected chi connectivity index (χ3v) is 6.31. The maximum absolute atomic E-state index is 12.7. The van der Waals surface area contributed by atoms with Crippen LogP contribution >= 0.6 is 0 Å². The summed E-state index contributed by atoms with van der Waals surface area (Å²) in [7, 11) is -0.323. The summed E-state index contributed by atoms with van der Waals surface area (Å²) in [5, 5.41) is 5.30. The Labute approximate surface area is 153 Å². The average molecular weight is 383 g/mol. The molecule has 0 aliphatic carbocycles. The fraction of sp³-hybridized carbons (Fsp3) is 0.529. The third kappa shape index (κ3) is 4.53. The number of hydrogen-bond donors (Lipinski definition) is 2. The topological polar surface area (TPSA) is 105 Å². The second kappa shape index (κ2) is 8.50. The summed E-state index contributed by atoms with van der Waals surface area (Å²) in [6.07, 6.45) is 1.24. The van der Waals surface area contributed by atoms with Gasteiger partial charge in [-0.05, 0) is 38.0 Å². The van der Waals surface area contributed by atoms with Crippen molar-refractivity contribution < 1.29 is 22.7 Å². The molecule has 0 spiro atoms. The lowest BCUT2D eigenvalue weighted by Crippen LogP contribution is -2.44. The number of sulfonamides is 1. The lowest BCUT2D eigenvalue weighted by Gasteiger charge is -2.31. The standard InChI is InChI=1S/C17H25N3O5S/c1-4-26(23,24)20-9-5-6-13(11-20)17(22)19-14-10-12(16(21)18-2)7-8-15(14)25-3/h7-8,10,13H,4-6,9,11H2,1-3H3,(H,18,21)(H,19,22)/t13-/m1/s1. The summed E-state index contributed by atoms with van der Waals surface area (Å²) in [5.74, 6) is -0.559.